The van der Waals surface area contributed by atoms with Crippen molar-refractivity contribution in [3.63, 3.8) is 0 Å². The smallest absolute Gasteiger partial charge is 0.167 e. The van der Waals surface area contributed by atoms with Gasteiger partial charge in [-0.05, 0) is 31.0 Å². The average molecular weight is 280 g/mol. The van der Waals surface area contributed by atoms with Gasteiger partial charge >= 0.3 is 0 Å². The minimum Gasteiger partial charge on any atom is -0.356 e. The van der Waals surface area contributed by atoms with Crippen LogP contribution in [-0.2, 0) is 6.54 Å². The molecule has 0 unspecified atom stereocenters. The molecule has 0 atom stereocenters. The van der Waals surface area contributed by atoms with Gasteiger partial charge in [-0.1, -0.05) is 17.3 Å². The Hall–Kier alpha value is -2.43. The first-order valence-electron chi connectivity index (χ1n) is 7.18. The number of anilines is 1. The fraction of sp³-hybridized carbons (Fsp3) is 0.312. The van der Waals surface area contributed by atoms with E-state index in [1.54, 1.807) is 0 Å². The van der Waals surface area contributed by atoms with Crippen LogP contribution in [0.2, 0.25) is 0 Å². The molecular weight excluding hydrogens is 264 g/mol. The zero-order valence-electron chi connectivity index (χ0n) is 11.9. The number of nitrogens with zero attached hydrogens (tertiary/aromatic N) is 4. The molecule has 0 radical (unpaired) electrons. The maximum Gasteiger partial charge on any atom is 0.167 e. The molecule has 5 nitrogen and oxygen atoms in total. The van der Waals surface area contributed by atoms with Gasteiger partial charge in [-0.2, -0.15) is 0 Å². The standard InChI is InChI=1S/C16H16N4O/c1-20(15-8-9-17-16(18-15)11-6-7-11)10-13-12-4-2-3-5-14(12)21-19-13/h2-5,8-9,11H,6-7,10H2,1H3. The van der Waals surface area contributed by atoms with Crippen molar-refractivity contribution in [1.29, 1.82) is 0 Å². The molecule has 5 heteroatoms. The van der Waals surface area contributed by atoms with Gasteiger partial charge in [-0.15, -0.1) is 0 Å². The highest BCUT2D eigenvalue weighted by atomic mass is 16.5. The summed E-state index contributed by atoms with van der Waals surface area (Å²) in [6, 6.07) is 9.85. The van der Waals surface area contributed by atoms with Crippen molar-refractivity contribution >= 4 is 16.8 Å². The Morgan fingerprint density at radius 1 is 1.24 bits per heavy atom. The van der Waals surface area contributed by atoms with Crippen molar-refractivity contribution in [2.75, 3.05) is 11.9 Å². The van der Waals surface area contributed by atoms with Gasteiger partial charge in [-0.3, -0.25) is 0 Å². The summed E-state index contributed by atoms with van der Waals surface area (Å²) in [5.74, 6) is 2.45. The monoisotopic (exact) mass is 280 g/mol. The van der Waals surface area contributed by atoms with Crippen LogP contribution < -0.4 is 4.90 Å². The number of fused-ring (bicyclic) bond motifs is 1. The highest BCUT2D eigenvalue weighted by Gasteiger charge is 2.26. The molecule has 0 aliphatic heterocycles. The van der Waals surface area contributed by atoms with Gasteiger partial charge < -0.3 is 9.42 Å². The maximum atomic E-state index is 5.35. The Bertz CT molecular complexity index is 779. The summed E-state index contributed by atoms with van der Waals surface area (Å²) >= 11 is 0. The third kappa shape index (κ3) is 2.35. The lowest BCUT2D eigenvalue weighted by atomic mass is 10.2. The van der Waals surface area contributed by atoms with E-state index in [4.69, 9.17) is 4.52 Å². The predicted molar refractivity (Wildman–Crippen MR) is 80.1 cm³/mol. The van der Waals surface area contributed by atoms with Gasteiger partial charge in [0.1, 0.15) is 17.3 Å². The van der Waals surface area contributed by atoms with E-state index >= 15 is 0 Å². The number of hydrogen-bond acceptors (Lipinski definition) is 5. The molecule has 2 aromatic heterocycles. The average Bonchev–Trinajstić information content (AvgIpc) is 3.30. The lowest BCUT2D eigenvalue weighted by Gasteiger charge is -2.17. The number of hydrogen-bond donors (Lipinski definition) is 0. The molecular formula is C16H16N4O. The molecule has 1 aliphatic carbocycles. The molecule has 0 N–H and O–H groups in total. The van der Waals surface area contributed by atoms with Gasteiger partial charge in [-0.25, -0.2) is 9.97 Å². The predicted octanol–water partition coefficient (Wildman–Crippen LogP) is 3.13. The van der Waals surface area contributed by atoms with Gasteiger partial charge in [0, 0.05) is 24.5 Å². The zero-order valence-corrected chi connectivity index (χ0v) is 11.9. The summed E-state index contributed by atoms with van der Waals surface area (Å²) in [5, 5.41) is 5.23. The van der Waals surface area contributed by atoms with Gasteiger partial charge in [0.05, 0.1) is 6.54 Å². The third-order valence-corrected chi connectivity index (χ3v) is 3.83. The highest BCUT2D eigenvalue weighted by Crippen LogP contribution is 2.38. The fourth-order valence-electron chi connectivity index (χ4n) is 2.47. The summed E-state index contributed by atoms with van der Waals surface area (Å²) in [5.41, 5.74) is 1.75. The van der Waals surface area contributed by atoms with E-state index in [0.717, 1.165) is 28.3 Å². The molecule has 1 aromatic carbocycles. The van der Waals surface area contributed by atoms with Crippen LogP contribution in [-0.4, -0.2) is 22.2 Å². The normalized spacial score (nSPS) is 14.5. The van der Waals surface area contributed by atoms with Crippen LogP contribution in [0.25, 0.3) is 11.0 Å². The van der Waals surface area contributed by atoms with E-state index in [0.29, 0.717) is 12.5 Å². The van der Waals surface area contributed by atoms with E-state index in [-0.39, 0.29) is 0 Å². The first-order chi connectivity index (χ1) is 10.3. The van der Waals surface area contributed by atoms with Crippen molar-refractivity contribution in [2.45, 2.75) is 25.3 Å². The SMILES string of the molecule is CN(Cc1noc2ccccc12)c1ccnc(C2CC2)n1. The molecule has 4 rings (SSSR count). The molecule has 0 saturated heterocycles. The molecule has 2 heterocycles. The number of para-hydroxylation sites is 1. The molecule has 21 heavy (non-hydrogen) atoms. The van der Waals surface area contributed by atoms with Crippen molar-refractivity contribution < 1.29 is 4.52 Å². The fourth-order valence-corrected chi connectivity index (χ4v) is 2.47. The summed E-state index contributed by atoms with van der Waals surface area (Å²) in [6.07, 6.45) is 4.26. The van der Waals surface area contributed by atoms with E-state index in [9.17, 15) is 0 Å². The summed E-state index contributed by atoms with van der Waals surface area (Å²) in [4.78, 5) is 11.1. The molecule has 0 amide bonds. The van der Waals surface area contributed by atoms with E-state index in [2.05, 4.69) is 20.0 Å². The van der Waals surface area contributed by atoms with Crippen LogP contribution in [0.15, 0.2) is 41.1 Å². The molecule has 1 saturated carbocycles. The third-order valence-electron chi connectivity index (χ3n) is 3.83. The Labute approximate surface area is 122 Å². The zero-order chi connectivity index (χ0) is 14.2. The highest BCUT2D eigenvalue weighted by molar-refractivity contribution is 5.79. The Morgan fingerprint density at radius 3 is 2.95 bits per heavy atom. The largest absolute Gasteiger partial charge is 0.356 e. The summed E-state index contributed by atoms with van der Waals surface area (Å²) < 4.78 is 5.35. The second-order valence-electron chi connectivity index (χ2n) is 5.53. The van der Waals surface area contributed by atoms with Crippen LogP contribution >= 0.6 is 0 Å². The second kappa shape index (κ2) is 4.84. The Morgan fingerprint density at radius 2 is 2.10 bits per heavy atom. The van der Waals surface area contributed by atoms with Crippen LogP contribution in [0, 0.1) is 0 Å². The summed E-state index contributed by atoms with van der Waals surface area (Å²) in [7, 11) is 2.02. The van der Waals surface area contributed by atoms with Crippen molar-refractivity contribution in [3.8, 4) is 0 Å². The minimum absolute atomic E-state index is 0.561. The number of benzene rings is 1. The second-order valence-corrected chi connectivity index (χ2v) is 5.53. The quantitative estimate of drug-likeness (QED) is 0.735. The first-order valence-corrected chi connectivity index (χ1v) is 7.18. The van der Waals surface area contributed by atoms with Crippen LogP contribution in [0.5, 0.6) is 0 Å². The molecule has 0 bridgehead atoms. The lowest BCUT2D eigenvalue weighted by molar-refractivity contribution is 0.445. The van der Waals surface area contributed by atoms with Crippen molar-refractivity contribution in [1.82, 2.24) is 15.1 Å². The molecule has 106 valence electrons. The maximum absolute atomic E-state index is 5.35. The number of aromatic nitrogens is 3. The van der Waals surface area contributed by atoms with Gasteiger partial charge in [0.2, 0.25) is 0 Å². The first kappa shape index (κ1) is 12.3. The van der Waals surface area contributed by atoms with Crippen LogP contribution in [0.4, 0.5) is 5.82 Å². The van der Waals surface area contributed by atoms with Gasteiger partial charge in [0.15, 0.2) is 5.58 Å². The summed E-state index contributed by atoms with van der Waals surface area (Å²) in [6.45, 7) is 0.665. The van der Waals surface area contributed by atoms with E-state index in [1.165, 1.54) is 12.8 Å². The Kier molecular flexibility index (Phi) is 2.84. The van der Waals surface area contributed by atoms with Crippen molar-refractivity contribution in [3.05, 3.63) is 48.0 Å². The lowest BCUT2D eigenvalue weighted by Crippen LogP contribution is -2.18. The number of rotatable bonds is 4. The topological polar surface area (TPSA) is 55.1 Å². The molecule has 1 aliphatic rings. The van der Waals surface area contributed by atoms with E-state index < -0.39 is 0 Å². The van der Waals surface area contributed by atoms with Crippen molar-refractivity contribution in [2.24, 2.45) is 0 Å². The van der Waals surface area contributed by atoms with Crippen LogP contribution in [0.1, 0.15) is 30.3 Å². The van der Waals surface area contributed by atoms with E-state index in [1.807, 2.05) is 43.6 Å². The molecule has 1 fully saturated rings. The molecule has 0 spiro atoms. The van der Waals surface area contributed by atoms with Gasteiger partial charge in [0.25, 0.3) is 0 Å². The van der Waals surface area contributed by atoms with Crippen LogP contribution in [0.3, 0.4) is 0 Å². The molecule has 3 aromatic rings. The Balaban J connectivity index is 1.60. The minimum atomic E-state index is 0.561.